The van der Waals surface area contributed by atoms with Gasteiger partial charge >= 0.3 is 0 Å². The molecule has 0 aromatic heterocycles. The molecule has 0 aromatic carbocycles. The average molecular weight is 350 g/mol. The number of unbranched alkanes of at least 4 members (excludes halogenated alkanes) is 4. The monoisotopic (exact) mass is 349 g/mol. The van der Waals surface area contributed by atoms with Crippen LogP contribution in [-0.4, -0.2) is 36.0 Å². The Hall–Kier alpha value is -0.640. The lowest BCUT2D eigenvalue weighted by molar-refractivity contribution is 0.139. The summed E-state index contributed by atoms with van der Waals surface area (Å²) in [4.78, 5) is 0. The molecule has 0 unspecified atom stereocenters. The fourth-order valence-corrected chi connectivity index (χ4v) is 4.65. The molecule has 2 aliphatic rings. The van der Waals surface area contributed by atoms with Gasteiger partial charge in [0.2, 0.25) is 0 Å². The second kappa shape index (κ2) is 11.2. The van der Waals surface area contributed by atoms with E-state index in [9.17, 15) is 10.2 Å². The van der Waals surface area contributed by atoms with Gasteiger partial charge in [0, 0.05) is 5.92 Å². The van der Waals surface area contributed by atoms with Crippen molar-refractivity contribution in [3.05, 3.63) is 23.8 Å². The van der Waals surface area contributed by atoms with Gasteiger partial charge in [0.15, 0.2) is 0 Å². The third-order valence-corrected chi connectivity index (χ3v) is 6.08. The number of rotatable bonds is 11. The predicted molar refractivity (Wildman–Crippen MR) is 105 cm³/mol. The molecule has 0 spiro atoms. The summed E-state index contributed by atoms with van der Waals surface area (Å²) < 4.78 is 0. The Morgan fingerprint density at radius 2 is 2.04 bits per heavy atom. The molecule has 0 bridgehead atoms. The van der Waals surface area contributed by atoms with Gasteiger partial charge in [0.1, 0.15) is 0 Å². The van der Waals surface area contributed by atoms with Crippen LogP contribution >= 0.6 is 0 Å². The Labute approximate surface area is 154 Å². The molecule has 3 nitrogen and oxygen atoms in total. The van der Waals surface area contributed by atoms with Crippen LogP contribution in [0, 0.1) is 17.8 Å². The first-order valence-electron chi connectivity index (χ1n) is 10.5. The fraction of sp³-hybridized carbons (Fsp3) is 0.818. The molecule has 3 N–H and O–H groups in total. The van der Waals surface area contributed by atoms with Gasteiger partial charge in [-0.25, -0.2) is 0 Å². The molecule has 25 heavy (non-hydrogen) atoms. The normalized spacial score (nSPS) is 31.9. The molecular formula is C22H39NO2. The highest BCUT2D eigenvalue weighted by Crippen LogP contribution is 2.50. The molecule has 0 aliphatic heterocycles. The smallest absolute Gasteiger partial charge is 0.0721 e. The molecule has 0 amide bonds. The molecule has 3 heteroatoms. The van der Waals surface area contributed by atoms with Crippen LogP contribution < -0.4 is 5.32 Å². The SMILES string of the molecule is CCCCC[C@H](O)C=C[C@@H]1[C@H]2CC(=CCCCCNC)C[C@H]2C[C@H]1O. The topological polar surface area (TPSA) is 52.5 Å². The van der Waals surface area contributed by atoms with E-state index in [1.165, 1.54) is 38.5 Å². The number of allylic oxidation sites excluding steroid dienone is 2. The van der Waals surface area contributed by atoms with Crippen molar-refractivity contribution >= 4 is 0 Å². The van der Waals surface area contributed by atoms with E-state index in [0.717, 1.165) is 32.2 Å². The van der Waals surface area contributed by atoms with E-state index < -0.39 is 0 Å². The Bertz CT molecular complexity index is 432. The van der Waals surface area contributed by atoms with Crippen molar-refractivity contribution in [1.29, 1.82) is 0 Å². The van der Waals surface area contributed by atoms with Gasteiger partial charge in [-0.15, -0.1) is 0 Å². The van der Waals surface area contributed by atoms with E-state index >= 15 is 0 Å². The van der Waals surface area contributed by atoms with Crippen LogP contribution in [0.3, 0.4) is 0 Å². The molecule has 0 heterocycles. The molecule has 2 rings (SSSR count). The van der Waals surface area contributed by atoms with E-state index in [2.05, 4.69) is 24.4 Å². The average Bonchev–Trinajstić information content (AvgIpc) is 3.09. The molecule has 144 valence electrons. The molecule has 0 radical (unpaired) electrons. The zero-order chi connectivity index (χ0) is 18.1. The van der Waals surface area contributed by atoms with Crippen molar-refractivity contribution in [2.24, 2.45) is 17.8 Å². The van der Waals surface area contributed by atoms with Gasteiger partial charge in [-0.3, -0.25) is 0 Å². The lowest BCUT2D eigenvalue weighted by Gasteiger charge is -2.17. The number of aliphatic hydroxyl groups excluding tert-OH is 2. The Morgan fingerprint density at radius 1 is 1.20 bits per heavy atom. The molecule has 5 atom stereocenters. The Morgan fingerprint density at radius 3 is 2.80 bits per heavy atom. The van der Waals surface area contributed by atoms with E-state index in [-0.39, 0.29) is 18.1 Å². The maximum atomic E-state index is 10.4. The first-order valence-corrected chi connectivity index (χ1v) is 10.5. The summed E-state index contributed by atoms with van der Waals surface area (Å²) in [5.74, 6) is 1.46. The standard InChI is InChI=1S/C22H39NO2/c1-3-4-6-10-19(24)11-12-20-21-15-17(9-7-5-8-13-23-2)14-18(21)16-22(20)25/h9,11-12,18-25H,3-8,10,13-16H2,1-2H3/t18-,19-,20+,21-,22+/m0/s1. The molecule has 2 aliphatic carbocycles. The highest BCUT2D eigenvalue weighted by Gasteiger charge is 2.44. The third-order valence-electron chi connectivity index (χ3n) is 6.08. The molecule has 0 saturated heterocycles. The highest BCUT2D eigenvalue weighted by atomic mass is 16.3. The summed E-state index contributed by atoms with van der Waals surface area (Å²) in [7, 11) is 2.01. The zero-order valence-corrected chi connectivity index (χ0v) is 16.3. The predicted octanol–water partition coefficient (Wildman–Crippen LogP) is 4.21. The number of nitrogens with one attached hydrogen (secondary N) is 1. The first kappa shape index (κ1) is 20.7. The van der Waals surface area contributed by atoms with Crippen molar-refractivity contribution in [2.75, 3.05) is 13.6 Å². The van der Waals surface area contributed by atoms with Crippen LogP contribution in [0.1, 0.15) is 71.1 Å². The summed E-state index contributed by atoms with van der Waals surface area (Å²) in [6.45, 7) is 3.29. The minimum Gasteiger partial charge on any atom is -0.392 e. The minimum atomic E-state index is -0.346. The van der Waals surface area contributed by atoms with Crippen LogP contribution in [0.25, 0.3) is 0 Å². The van der Waals surface area contributed by atoms with Gasteiger partial charge in [0.05, 0.1) is 12.2 Å². The lowest BCUT2D eigenvalue weighted by Crippen LogP contribution is -2.17. The number of hydrogen-bond acceptors (Lipinski definition) is 3. The molecule has 2 saturated carbocycles. The summed E-state index contributed by atoms with van der Waals surface area (Å²) in [6.07, 6.45) is 17.2. The number of aliphatic hydroxyl groups is 2. The van der Waals surface area contributed by atoms with Gasteiger partial charge in [0.25, 0.3) is 0 Å². The van der Waals surface area contributed by atoms with Crippen LogP contribution in [0.15, 0.2) is 23.8 Å². The Kier molecular flexibility index (Phi) is 9.22. The van der Waals surface area contributed by atoms with E-state index in [0.29, 0.717) is 11.8 Å². The number of fused-ring (bicyclic) bond motifs is 1. The van der Waals surface area contributed by atoms with Crippen molar-refractivity contribution in [1.82, 2.24) is 5.32 Å². The van der Waals surface area contributed by atoms with Gasteiger partial charge in [-0.2, -0.15) is 0 Å². The van der Waals surface area contributed by atoms with Crippen molar-refractivity contribution in [2.45, 2.75) is 83.3 Å². The summed E-state index contributed by atoms with van der Waals surface area (Å²) in [5.41, 5.74) is 1.60. The quantitative estimate of drug-likeness (QED) is 0.387. The van der Waals surface area contributed by atoms with Crippen LogP contribution in [0.5, 0.6) is 0 Å². The highest BCUT2D eigenvalue weighted by molar-refractivity contribution is 5.17. The maximum absolute atomic E-state index is 10.4. The van der Waals surface area contributed by atoms with Crippen molar-refractivity contribution in [3.8, 4) is 0 Å². The van der Waals surface area contributed by atoms with E-state index in [4.69, 9.17) is 0 Å². The van der Waals surface area contributed by atoms with Gasteiger partial charge in [-0.05, 0) is 70.4 Å². The summed E-state index contributed by atoms with van der Waals surface area (Å²) >= 11 is 0. The van der Waals surface area contributed by atoms with Gasteiger partial charge in [-0.1, -0.05) is 50.0 Å². The first-order chi connectivity index (χ1) is 12.2. The lowest BCUT2D eigenvalue weighted by atomic mass is 9.90. The fourth-order valence-electron chi connectivity index (χ4n) is 4.65. The summed E-state index contributed by atoms with van der Waals surface area (Å²) in [6, 6.07) is 0. The second-order valence-corrected chi connectivity index (χ2v) is 8.12. The number of hydrogen-bond donors (Lipinski definition) is 3. The van der Waals surface area contributed by atoms with Gasteiger partial charge < -0.3 is 15.5 Å². The minimum absolute atomic E-state index is 0.216. The maximum Gasteiger partial charge on any atom is 0.0721 e. The summed E-state index contributed by atoms with van der Waals surface area (Å²) in [5, 5.41) is 23.7. The van der Waals surface area contributed by atoms with Crippen LogP contribution in [-0.2, 0) is 0 Å². The van der Waals surface area contributed by atoms with E-state index in [1.807, 2.05) is 13.1 Å². The van der Waals surface area contributed by atoms with Crippen LogP contribution in [0.2, 0.25) is 0 Å². The van der Waals surface area contributed by atoms with Crippen molar-refractivity contribution in [3.63, 3.8) is 0 Å². The second-order valence-electron chi connectivity index (χ2n) is 8.12. The Balaban J connectivity index is 1.80. The molecular weight excluding hydrogens is 310 g/mol. The zero-order valence-electron chi connectivity index (χ0n) is 16.3. The molecule has 0 aromatic rings. The third kappa shape index (κ3) is 6.54. The largest absolute Gasteiger partial charge is 0.392 e. The van der Waals surface area contributed by atoms with Crippen LogP contribution in [0.4, 0.5) is 0 Å². The molecule has 2 fully saturated rings. The van der Waals surface area contributed by atoms with E-state index in [1.54, 1.807) is 5.57 Å². The van der Waals surface area contributed by atoms with Crippen molar-refractivity contribution < 1.29 is 10.2 Å².